The van der Waals surface area contributed by atoms with E-state index < -0.39 is 0 Å². The highest BCUT2D eigenvalue weighted by Gasteiger charge is 2.34. The molecule has 5 heteroatoms. The van der Waals surface area contributed by atoms with E-state index in [0.717, 1.165) is 48.6 Å². The van der Waals surface area contributed by atoms with Gasteiger partial charge in [0.2, 0.25) is 5.91 Å². The molecule has 2 fully saturated rings. The van der Waals surface area contributed by atoms with E-state index in [1.165, 1.54) is 12.8 Å². The fourth-order valence-electron chi connectivity index (χ4n) is 3.06. The third-order valence-corrected chi connectivity index (χ3v) is 4.73. The van der Waals surface area contributed by atoms with E-state index in [9.17, 15) is 4.79 Å². The maximum atomic E-state index is 12.6. The molecule has 1 aliphatic carbocycles. The molecule has 1 aliphatic heterocycles. The number of carbonyl (C=O) groups is 1. The van der Waals surface area contributed by atoms with E-state index in [0.29, 0.717) is 5.92 Å². The fraction of sp³-hybridized carbons (Fsp3) is 0.529. The maximum Gasteiger partial charge on any atom is 0.231 e. The molecule has 1 saturated heterocycles. The number of nitrogens with one attached hydrogen (secondary N) is 2. The van der Waals surface area contributed by atoms with E-state index in [1.807, 2.05) is 25.1 Å². The zero-order valence-corrected chi connectivity index (χ0v) is 12.8. The van der Waals surface area contributed by atoms with Crippen molar-refractivity contribution in [3.63, 3.8) is 0 Å². The summed E-state index contributed by atoms with van der Waals surface area (Å²) in [6.45, 7) is 3.75. The van der Waals surface area contributed by atoms with Gasteiger partial charge in [-0.3, -0.25) is 4.79 Å². The van der Waals surface area contributed by atoms with Crippen LogP contribution in [0.4, 0.5) is 5.69 Å². The lowest BCUT2D eigenvalue weighted by Gasteiger charge is -2.32. The molecule has 5 nitrogen and oxygen atoms in total. The van der Waals surface area contributed by atoms with Gasteiger partial charge in [-0.05, 0) is 57.4 Å². The van der Waals surface area contributed by atoms with Crippen LogP contribution < -0.4 is 10.6 Å². The number of oxazole rings is 1. The van der Waals surface area contributed by atoms with Gasteiger partial charge in [-0.15, -0.1) is 0 Å². The molecule has 1 atom stereocenters. The highest BCUT2D eigenvalue weighted by molar-refractivity contribution is 5.96. The highest BCUT2D eigenvalue weighted by Crippen LogP contribution is 2.40. The lowest BCUT2D eigenvalue weighted by molar-refractivity contribution is -0.125. The summed E-state index contributed by atoms with van der Waals surface area (Å²) in [5, 5.41) is 6.34. The average molecular weight is 299 g/mol. The molecule has 2 heterocycles. The second kappa shape index (κ2) is 5.09. The van der Waals surface area contributed by atoms with Crippen molar-refractivity contribution in [1.29, 1.82) is 0 Å². The van der Waals surface area contributed by atoms with Gasteiger partial charge in [-0.2, -0.15) is 0 Å². The smallest absolute Gasteiger partial charge is 0.231 e. The molecule has 1 aromatic carbocycles. The van der Waals surface area contributed by atoms with Gasteiger partial charge in [0, 0.05) is 18.2 Å². The molecule has 0 bridgehead atoms. The minimum Gasteiger partial charge on any atom is -0.440 e. The van der Waals surface area contributed by atoms with Crippen LogP contribution in [0.3, 0.4) is 0 Å². The van der Waals surface area contributed by atoms with Gasteiger partial charge >= 0.3 is 0 Å². The maximum absolute atomic E-state index is 12.6. The second-order valence-electron chi connectivity index (χ2n) is 6.80. The first-order valence-corrected chi connectivity index (χ1v) is 8.07. The van der Waals surface area contributed by atoms with Crippen molar-refractivity contribution in [3.8, 4) is 0 Å². The third-order valence-electron chi connectivity index (χ3n) is 4.73. The summed E-state index contributed by atoms with van der Waals surface area (Å²) in [6.07, 6.45) is 4.30. The quantitative estimate of drug-likeness (QED) is 0.914. The zero-order chi connectivity index (χ0) is 15.2. The van der Waals surface area contributed by atoms with Gasteiger partial charge < -0.3 is 15.1 Å². The fourth-order valence-corrected chi connectivity index (χ4v) is 3.06. The highest BCUT2D eigenvalue weighted by atomic mass is 16.3. The van der Waals surface area contributed by atoms with Crippen LogP contribution in [-0.2, 0) is 4.79 Å². The molecule has 1 saturated carbocycles. The molecule has 4 rings (SSSR count). The van der Waals surface area contributed by atoms with Crippen LogP contribution in [0, 0.1) is 5.41 Å². The molecule has 1 unspecified atom stereocenters. The van der Waals surface area contributed by atoms with E-state index in [4.69, 9.17) is 4.42 Å². The summed E-state index contributed by atoms with van der Waals surface area (Å²) >= 11 is 0. The third kappa shape index (κ3) is 2.50. The molecular weight excluding hydrogens is 278 g/mol. The van der Waals surface area contributed by atoms with Crippen LogP contribution >= 0.6 is 0 Å². The van der Waals surface area contributed by atoms with Gasteiger partial charge in [-0.1, -0.05) is 0 Å². The summed E-state index contributed by atoms with van der Waals surface area (Å²) in [5.41, 5.74) is 2.08. The first-order valence-electron chi connectivity index (χ1n) is 8.07. The number of nitrogens with zero attached hydrogens (tertiary/aromatic N) is 1. The molecular formula is C17H21N3O2. The van der Waals surface area contributed by atoms with Crippen LogP contribution in [-0.4, -0.2) is 24.0 Å². The Labute approximate surface area is 129 Å². The lowest BCUT2D eigenvalue weighted by atomic mass is 9.82. The van der Waals surface area contributed by atoms with Gasteiger partial charge in [0.1, 0.15) is 5.52 Å². The van der Waals surface area contributed by atoms with E-state index in [2.05, 4.69) is 15.6 Å². The summed E-state index contributed by atoms with van der Waals surface area (Å²) < 4.78 is 5.75. The number of anilines is 1. The van der Waals surface area contributed by atoms with Gasteiger partial charge in [0.05, 0.1) is 5.41 Å². The molecule has 2 aromatic rings. The second-order valence-corrected chi connectivity index (χ2v) is 6.80. The standard InChI is InChI=1S/C17H21N3O2/c1-17(7-2-8-18-10-17)16(21)19-12-5-6-14-13(9-12)20-15(22-14)11-3-4-11/h5-6,9,11,18H,2-4,7-8,10H2,1H3,(H,19,21). The van der Waals surface area contributed by atoms with Gasteiger partial charge in [0.15, 0.2) is 11.5 Å². The molecule has 22 heavy (non-hydrogen) atoms. The van der Waals surface area contributed by atoms with Crippen molar-refractivity contribution in [2.75, 3.05) is 18.4 Å². The van der Waals surface area contributed by atoms with E-state index in [1.54, 1.807) is 0 Å². The van der Waals surface area contributed by atoms with Crippen LogP contribution in [0.25, 0.3) is 11.1 Å². The Hall–Kier alpha value is -1.88. The Balaban J connectivity index is 1.54. The lowest BCUT2D eigenvalue weighted by Crippen LogP contribution is -2.46. The Morgan fingerprint density at radius 3 is 3.05 bits per heavy atom. The first kappa shape index (κ1) is 13.8. The number of rotatable bonds is 3. The Morgan fingerprint density at radius 2 is 2.32 bits per heavy atom. The van der Waals surface area contributed by atoms with E-state index in [-0.39, 0.29) is 11.3 Å². The molecule has 2 N–H and O–H groups in total. The predicted octanol–water partition coefficient (Wildman–Crippen LogP) is 3.03. The van der Waals surface area contributed by atoms with Gasteiger partial charge in [-0.25, -0.2) is 4.98 Å². The minimum absolute atomic E-state index is 0.0740. The molecule has 0 spiro atoms. The van der Waals surface area contributed by atoms with E-state index >= 15 is 0 Å². The summed E-state index contributed by atoms with van der Waals surface area (Å²) in [7, 11) is 0. The molecule has 1 amide bonds. The normalized spacial score (nSPS) is 25.3. The number of amides is 1. The number of hydrogen-bond donors (Lipinski definition) is 2. The topological polar surface area (TPSA) is 67.2 Å². The Bertz CT molecular complexity index is 712. The molecule has 0 radical (unpaired) electrons. The van der Waals surface area contributed by atoms with Gasteiger partial charge in [0.25, 0.3) is 0 Å². The Morgan fingerprint density at radius 1 is 1.45 bits per heavy atom. The van der Waals surface area contributed by atoms with Crippen molar-refractivity contribution in [3.05, 3.63) is 24.1 Å². The SMILES string of the molecule is CC1(C(=O)Nc2ccc3oc(C4CC4)nc3c2)CCCNC1. The summed E-state index contributed by atoms with van der Waals surface area (Å²) in [6, 6.07) is 5.69. The Kier molecular flexibility index (Phi) is 3.18. The first-order chi connectivity index (χ1) is 10.6. The number of fused-ring (bicyclic) bond motifs is 1. The average Bonchev–Trinajstić information content (AvgIpc) is 3.28. The van der Waals surface area contributed by atoms with Crippen molar-refractivity contribution in [2.45, 2.75) is 38.5 Å². The predicted molar refractivity (Wildman–Crippen MR) is 84.8 cm³/mol. The number of aromatic nitrogens is 1. The largest absolute Gasteiger partial charge is 0.440 e. The number of carbonyl (C=O) groups excluding carboxylic acids is 1. The number of hydrogen-bond acceptors (Lipinski definition) is 4. The number of benzene rings is 1. The van der Waals surface area contributed by atoms with Crippen molar-refractivity contribution in [1.82, 2.24) is 10.3 Å². The van der Waals surface area contributed by atoms with Crippen molar-refractivity contribution >= 4 is 22.7 Å². The number of piperidine rings is 1. The molecule has 1 aromatic heterocycles. The monoisotopic (exact) mass is 299 g/mol. The van der Waals surface area contributed by atoms with Crippen LogP contribution in [0.15, 0.2) is 22.6 Å². The zero-order valence-electron chi connectivity index (χ0n) is 12.8. The van der Waals surface area contributed by atoms with Crippen LogP contribution in [0.5, 0.6) is 0 Å². The molecule has 2 aliphatic rings. The minimum atomic E-state index is -0.337. The summed E-state index contributed by atoms with van der Waals surface area (Å²) in [5.74, 6) is 1.41. The van der Waals surface area contributed by atoms with Crippen LogP contribution in [0.1, 0.15) is 44.4 Å². The van der Waals surface area contributed by atoms with Crippen molar-refractivity contribution in [2.24, 2.45) is 5.41 Å². The molecule has 116 valence electrons. The summed E-state index contributed by atoms with van der Waals surface area (Å²) in [4.78, 5) is 17.1. The van der Waals surface area contributed by atoms with Crippen LogP contribution in [0.2, 0.25) is 0 Å². The van der Waals surface area contributed by atoms with Crippen molar-refractivity contribution < 1.29 is 9.21 Å².